The molecule has 0 saturated heterocycles. The zero-order chi connectivity index (χ0) is 11.8. The third-order valence-corrected chi connectivity index (χ3v) is 2.80. The average Bonchev–Trinajstić information content (AvgIpc) is 2.54. The Labute approximate surface area is 95.9 Å². The summed E-state index contributed by atoms with van der Waals surface area (Å²) in [5.41, 5.74) is 0. The van der Waals surface area contributed by atoms with Crippen LogP contribution in [0.15, 0.2) is 0 Å². The molecule has 1 saturated carbocycles. The molecule has 0 aromatic carbocycles. The van der Waals surface area contributed by atoms with Gasteiger partial charge in [-0.1, -0.05) is 25.7 Å². The number of amides is 2. The zero-order valence-corrected chi connectivity index (χ0v) is 9.75. The SMILES string of the molecule is COC(=O)NCC(=O)NC1CCCCCC1. The lowest BCUT2D eigenvalue weighted by atomic mass is 10.1. The van der Waals surface area contributed by atoms with E-state index in [9.17, 15) is 9.59 Å². The van der Waals surface area contributed by atoms with Gasteiger partial charge in [0.1, 0.15) is 6.54 Å². The second kappa shape index (κ2) is 7.09. The van der Waals surface area contributed by atoms with Crippen LogP contribution in [0.25, 0.3) is 0 Å². The van der Waals surface area contributed by atoms with E-state index in [-0.39, 0.29) is 18.5 Å². The van der Waals surface area contributed by atoms with Crippen molar-refractivity contribution in [3.05, 3.63) is 0 Å². The van der Waals surface area contributed by atoms with Crippen molar-refractivity contribution in [2.24, 2.45) is 0 Å². The van der Waals surface area contributed by atoms with Gasteiger partial charge in [-0.3, -0.25) is 4.79 Å². The molecule has 0 aromatic heterocycles. The summed E-state index contributed by atoms with van der Waals surface area (Å²) in [6, 6.07) is 0.273. The molecule has 5 nitrogen and oxygen atoms in total. The lowest BCUT2D eigenvalue weighted by Gasteiger charge is -2.16. The Morgan fingerprint density at radius 2 is 1.81 bits per heavy atom. The van der Waals surface area contributed by atoms with Crippen LogP contribution in [0.3, 0.4) is 0 Å². The molecule has 1 aliphatic rings. The van der Waals surface area contributed by atoms with E-state index in [4.69, 9.17) is 0 Å². The molecule has 0 spiro atoms. The number of hydrogen-bond acceptors (Lipinski definition) is 3. The van der Waals surface area contributed by atoms with Crippen molar-refractivity contribution in [1.82, 2.24) is 10.6 Å². The van der Waals surface area contributed by atoms with E-state index < -0.39 is 6.09 Å². The Morgan fingerprint density at radius 3 is 2.38 bits per heavy atom. The van der Waals surface area contributed by atoms with Crippen molar-refractivity contribution in [1.29, 1.82) is 0 Å². The smallest absolute Gasteiger partial charge is 0.407 e. The first kappa shape index (κ1) is 12.8. The molecule has 0 radical (unpaired) electrons. The van der Waals surface area contributed by atoms with Crippen LogP contribution in [-0.4, -0.2) is 31.7 Å². The molecule has 2 amide bonds. The highest BCUT2D eigenvalue weighted by molar-refractivity contribution is 5.82. The molecule has 0 aliphatic heterocycles. The monoisotopic (exact) mass is 228 g/mol. The van der Waals surface area contributed by atoms with E-state index in [1.807, 2.05) is 0 Å². The van der Waals surface area contributed by atoms with Gasteiger partial charge in [-0.05, 0) is 12.8 Å². The largest absolute Gasteiger partial charge is 0.453 e. The Balaban J connectivity index is 2.19. The number of hydrogen-bond donors (Lipinski definition) is 2. The predicted molar refractivity (Wildman–Crippen MR) is 60.0 cm³/mol. The van der Waals surface area contributed by atoms with Crippen LogP contribution in [-0.2, 0) is 9.53 Å². The van der Waals surface area contributed by atoms with Crippen LogP contribution in [0.1, 0.15) is 38.5 Å². The second-order valence-corrected chi connectivity index (χ2v) is 4.10. The summed E-state index contributed by atoms with van der Waals surface area (Å²) in [5.74, 6) is -0.141. The van der Waals surface area contributed by atoms with Crippen LogP contribution in [0.2, 0.25) is 0 Å². The van der Waals surface area contributed by atoms with Gasteiger partial charge < -0.3 is 15.4 Å². The molecule has 2 N–H and O–H groups in total. The molecule has 92 valence electrons. The van der Waals surface area contributed by atoms with E-state index in [0.29, 0.717) is 0 Å². The fourth-order valence-corrected chi connectivity index (χ4v) is 1.93. The van der Waals surface area contributed by atoms with Gasteiger partial charge in [0.2, 0.25) is 5.91 Å². The van der Waals surface area contributed by atoms with Crippen LogP contribution < -0.4 is 10.6 Å². The summed E-state index contributed by atoms with van der Waals surface area (Å²) in [7, 11) is 1.28. The Bertz CT molecular complexity index is 235. The van der Waals surface area contributed by atoms with Crippen molar-refractivity contribution in [2.45, 2.75) is 44.6 Å². The first-order chi connectivity index (χ1) is 7.72. The highest BCUT2D eigenvalue weighted by atomic mass is 16.5. The maximum Gasteiger partial charge on any atom is 0.407 e. The molecular formula is C11H20N2O3. The summed E-state index contributed by atoms with van der Waals surface area (Å²) >= 11 is 0. The van der Waals surface area contributed by atoms with Crippen LogP contribution in [0.4, 0.5) is 4.79 Å². The van der Waals surface area contributed by atoms with Crippen molar-refractivity contribution in [2.75, 3.05) is 13.7 Å². The topological polar surface area (TPSA) is 67.4 Å². The molecule has 0 aromatic rings. The molecule has 5 heteroatoms. The van der Waals surface area contributed by atoms with Gasteiger partial charge in [0.05, 0.1) is 7.11 Å². The summed E-state index contributed by atoms with van der Waals surface area (Å²) in [4.78, 5) is 22.2. The van der Waals surface area contributed by atoms with Gasteiger partial charge in [0, 0.05) is 6.04 Å². The van der Waals surface area contributed by atoms with Crippen LogP contribution in [0, 0.1) is 0 Å². The van der Waals surface area contributed by atoms with Gasteiger partial charge in [-0.2, -0.15) is 0 Å². The molecular weight excluding hydrogens is 208 g/mol. The van der Waals surface area contributed by atoms with Gasteiger partial charge in [-0.25, -0.2) is 4.79 Å². The lowest BCUT2D eigenvalue weighted by Crippen LogP contribution is -2.41. The van der Waals surface area contributed by atoms with E-state index in [0.717, 1.165) is 12.8 Å². The van der Waals surface area contributed by atoms with Crippen LogP contribution in [0.5, 0.6) is 0 Å². The van der Waals surface area contributed by atoms with Crippen LogP contribution >= 0.6 is 0 Å². The molecule has 0 bridgehead atoms. The first-order valence-electron chi connectivity index (χ1n) is 5.83. The van der Waals surface area contributed by atoms with E-state index in [2.05, 4.69) is 15.4 Å². The van der Waals surface area contributed by atoms with Gasteiger partial charge in [-0.15, -0.1) is 0 Å². The lowest BCUT2D eigenvalue weighted by molar-refractivity contribution is -0.120. The maximum absolute atomic E-state index is 11.5. The minimum Gasteiger partial charge on any atom is -0.453 e. The molecule has 1 rings (SSSR count). The van der Waals surface area contributed by atoms with Crippen molar-refractivity contribution in [3.63, 3.8) is 0 Å². The fraction of sp³-hybridized carbons (Fsp3) is 0.818. The third-order valence-electron chi connectivity index (χ3n) is 2.80. The predicted octanol–water partition coefficient (Wildman–Crippen LogP) is 1.18. The highest BCUT2D eigenvalue weighted by Gasteiger charge is 2.14. The quantitative estimate of drug-likeness (QED) is 0.713. The Hall–Kier alpha value is -1.26. The minimum absolute atomic E-state index is 0.0107. The summed E-state index contributed by atoms with van der Waals surface area (Å²) in [6.45, 7) is -0.0107. The zero-order valence-electron chi connectivity index (χ0n) is 9.75. The first-order valence-corrected chi connectivity index (χ1v) is 5.83. The summed E-state index contributed by atoms with van der Waals surface area (Å²) in [5, 5.41) is 5.29. The fourth-order valence-electron chi connectivity index (χ4n) is 1.93. The summed E-state index contributed by atoms with van der Waals surface area (Å²) < 4.78 is 4.38. The molecule has 1 fully saturated rings. The number of nitrogens with one attached hydrogen (secondary N) is 2. The normalized spacial score (nSPS) is 17.3. The molecule has 16 heavy (non-hydrogen) atoms. The standard InChI is InChI=1S/C11H20N2O3/c1-16-11(15)12-8-10(14)13-9-6-4-2-3-5-7-9/h9H,2-8H2,1H3,(H,12,15)(H,13,14). The Kier molecular flexibility index (Phi) is 5.67. The molecule has 1 aliphatic carbocycles. The maximum atomic E-state index is 11.5. The van der Waals surface area contributed by atoms with Crippen molar-refractivity contribution < 1.29 is 14.3 Å². The van der Waals surface area contributed by atoms with Gasteiger partial charge in [0.25, 0.3) is 0 Å². The number of carbonyl (C=O) groups excluding carboxylic acids is 2. The number of alkyl carbamates (subject to hydrolysis) is 1. The van der Waals surface area contributed by atoms with Gasteiger partial charge >= 0.3 is 6.09 Å². The molecule has 0 heterocycles. The van der Waals surface area contributed by atoms with Gasteiger partial charge in [0.15, 0.2) is 0 Å². The number of ether oxygens (including phenoxy) is 1. The number of methoxy groups -OCH3 is 1. The second-order valence-electron chi connectivity index (χ2n) is 4.10. The minimum atomic E-state index is -0.573. The van der Waals surface area contributed by atoms with Crippen molar-refractivity contribution >= 4 is 12.0 Å². The highest BCUT2D eigenvalue weighted by Crippen LogP contribution is 2.16. The third kappa shape index (κ3) is 5.00. The molecule has 0 atom stereocenters. The number of rotatable bonds is 3. The average molecular weight is 228 g/mol. The number of carbonyl (C=O) groups is 2. The van der Waals surface area contributed by atoms with E-state index in [1.165, 1.54) is 32.8 Å². The van der Waals surface area contributed by atoms with E-state index >= 15 is 0 Å². The molecule has 0 unspecified atom stereocenters. The Morgan fingerprint density at radius 1 is 1.19 bits per heavy atom. The summed E-state index contributed by atoms with van der Waals surface area (Å²) in [6.07, 6.45) is 6.38. The van der Waals surface area contributed by atoms with E-state index in [1.54, 1.807) is 0 Å². The van der Waals surface area contributed by atoms with Crippen molar-refractivity contribution in [3.8, 4) is 0 Å².